The Kier molecular flexibility index (Phi) is 4.66. The van der Waals surface area contributed by atoms with Crippen molar-refractivity contribution in [2.24, 2.45) is 0 Å². The summed E-state index contributed by atoms with van der Waals surface area (Å²) in [7, 11) is 0. The van der Waals surface area contributed by atoms with Crippen molar-refractivity contribution >= 4 is 28.8 Å². The standard InChI is InChI=1S/C26H20ClN5O/c27-21-10-3-1-6-17(21)15-33-18-8-5-7-16(14-18)23-20-12-13-32-25(20)24(30-26(28)31-32)19-9-2-4-11-22(19)29-23/h1-14,23,29H,15H2,(H2,28,31). The van der Waals surface area contributed by atoms with E-state index in [0.29, 0.717) is 11.6 Å². The van der Waals surface area contributed by atoms with Crippen LogP contribution < -0.4 is 15.8 Å². The van der Waals surface area contributed by atoms with Crippen molar-refractivity contribution in [3.05, 3.63) is 107 Å². The molecule has 2 aromatic heterocycles. The molecule has 1 unspecified atom stereocenters. The largest absolute Gasteiger partial charge is 0.489 e. The fourth-order valence-corrected chi connectivity index (χ4v) is 4.55. The first kappa shape index (κ1) is 19.6. The molecule has 0 fully saturated rings. The summed E-state index contributed by atoms with van der Waals surface area (Å²) >= 11 is 6.29. The van der Waals surface area contributed by atoms with Gasteiger partial charge in [0.15, 0.2) is 0 Å². The molecule has 0 aliphatic carbocycles. The molecule has 6 nitrogen and oxygen atoms in total. The number of anilines is 2. The molecule has 3 N–H and O–H groups in total. The van der Waals surface area contributed by atoms with Crippen LogP contribution in [-0.4, -0.2) is 14.6 Å². The molecular weight excluding hydrogens is 434 g/mol. The van der Waals surface area contributed by atoms with Gasteiger partial charge in [-0.3, -0.25) is 0 Å². The number of aromatic nitrogens is 3. The highest BCUT2D eigenvalue weighted by molar-refractivity contribution is 6.31. The molecule has 0 spiro atoms. The number of benzene rings is 3. The van der Waals surface area contributed by atoms with Crippen LogP contribution in [0.3, 0.4) is 0 Å². The topological polar surface area (TPSA) is 77.5 Å². The van der Waals surface area contributed by atoms with Crippen LogP contribution in [0.25, 0.3) is 16.8 Å². The minimum absolute atomic E-state index is 0.117. The van der Waals surface area contributed by atoms with Gasteiger partial charge in [-0.15, -0.1) is 5.10 Å². The van der Waals surface area contributed by atoms with E-state index in [1.165, 1.54) is 0 Å². The molecule has 5 aromatic rings. The van der Waals surface area contributed by atoms with E-state index >= 15 is 0 Å². The van der Waals surface area contributed by atoms with E-state index in [4.69, 9.17) is 22.1 Å². The molecule has 162 valence electrons. The Labute approximate surface area is 195 Å². The summed E-state index contributed by atoms with van der Waals surface area (Å²) in [4.78, 5) is 4.59. The van der Waals surface area contributed by atoms with Gasteiger partial charge in [0.2, 0.25) is 5.95 Å². The second-order valence-corrected chi connectivity index (χ2v) is 8.37. The molecule has 6 rings (SSSR count). The van der Waals surface area contributed by atoms with Crippen molar-refractivity contribution in [3.8, 4) is 17.0 Å². The monoisotopic (exact) mass is 453 g/mol. The number of ether oxygens (including phenoxy) is 1. The summed E-state index contributed by atoms with van der Waals surface area (Å²) in [6.45, 7) is 0.399. The third kappa shape index (κ3) is 3.45. The van der Waals surface area contributed by atoms with E-state index in [1.54, 1.807) is 0 Å². The summed E-state index contributed by atoms with van der Waals surface area (Å²) in [5.74, 6) is 1.01. The normalized spacial score (nSPS) is 14.4. The molecule has 3 heterocycles. The van der Waals surface area contributed by atoms with E-state index < -0.39 is 0 Å². The maximum absolute atomic E-state index is 6.29. The molecule has 33 heavy (non-hydrogen) atoms. The highest BCUT2D eigenvalue weighted by Crippen LogP contribution is 2.42. The Hall–Kier alpha value is -4.03. The number of para-hydroxylation sites is 1. The molecular formula is C26H20ClN5O. The van der Waals surface area contributed by atoms with Gasteiger partial charge < -0.3 is 15.8 Å². The van der Waals surface area contributed by atoms with Crippen LogP contribution in [0, 0.1) is 0 Å². The Bertz CT molecular complexity index is 1500. The summed E-state index contributed by atoms with van der Waals surface area (Å²) in [5.41, 5.74) is 12.8. The van der Waals surface area contributed by atoms with Crippen LogP contribution >= 0.6 is 11.6 Å². The van der Waals surface area contributed by atoms with Crippen molar-refractivity contribution in [1.29, 1.82) is 0 Å². The molecule has 7 heteroatoms. The Morgan fingerprint density at radius 1 is 1.00 bits per heavy atom. The van der Waals surface area contributed by atoms with Crippen molar-refractivity contribution < 1.29 is 4.74 Å². The van der Waals surface area contributed by atoms with E-state index in [0.717, 1.165) is 44.9 Å². The van der Waals surface area contributed by atoms with Crippen LogP contribution in [0.2, 0.25) is 5.02 Å². The third-order valence-corrected chi connectivity index (χ3v) is 6.26. The summed E-state index contributed by atoms with van der Waals surface area (Å²) in [5, 5.41) is 8.79. The summed E-state index contributed by atoms with van der Waals surface area (Å²) in [6, 6.07) is 25.9. The van der Waals surface area contributed by atoms with Gasteiger partial charge in [-0.1, -0.05) is 60.1 Å². The van der Waals surface area contributed by atoms with Crippen LogP contribution in [0.5, 0.6) is 5.75 Å². The SMILES string of the molecule is Nc1nc2c3c(ccn3n1)C(c1cccc(OCc3ccccc3Cl)c1)Nc1ccccc1-2. The lowest BCUT2D eigenvalue weighted by molar-refractivity contribution is 0.306. The first-order valence-corrected chi connectivity index (χ1v) is 11.0. The molecule has 0 radical (unpaired) electrons. The first-order valence-electron chi connectivity index (χ1n) is 10.6. The van der Waals surface area contributed by atoms with Gasteiger partial charge in [0.05, 0.1) is 11.6 Å². The van der Waals surface area contributed by atoms with Crippen molar-refractivity contribution in [3.63, 3.8) is 0 Å². The van der Waals surface area contributed by atoms with Crippen LogP contribution in [0.1, 0.15) is 22.7 Å². The molecule has 0 saturated carbocycles. The number of nitrogen functional groups attached to an aromatic ring is 1. The highest BCUT2D eigenvalue weighted by atomic mass is 35.5. The zero-order valence-corrected chi connectivity index (χ0v) is 18.3. The smallest absolute Gasteiger partial charge is 0.238 e. The van der Waals surface area contributed by atoms with E-state index in [1.807, 2.05) is 65.3 Å². The number of nitrogens with one attached hydrogen (secondary N) is 1. The van der Waals surface area contributed by atoms with E-state index in [-0.39, 0.29) is 12.0 Å². The van der Waals surface area contributed by atoms with Gasteiger partial charge in [0, 0.05) is 33.6 Å². The van der Waals surface area contributed by atoms with Crippen molar-refractivity contribution in [1.82, 2.24) is 14.6 Å². The Morgan fingerprint density at radius 3 is 2.76 bits per heavy atom. The number of halogens is 1. The van der Waals surface area contributed by atoms with Gasteiger partial charge in [-0.2, -0.15) is 0 Å². The minimum Gasteiger partial charge on any atom is -0.489 e. The zero-order chi connectivity index (χ0) is 22.4. The molecule has 3 aromatic carbocycles. The highest BCUT2D eigenvalue weighted by Gasteiger charge is 2.27. The predicted octanol–water partition coefficient (Wildman–Crippen LogP) is 5.73. The number of hydrogen-bond acceptors (Lipinski definition) is 5. The second kappa shape index (κ2) is 7.83. The van der Waals surface area contributed by atoms with Gasteiger partial charge in [-0.05, 0) is 35.9 Å². The first-order chi connectivity index (χ1) is 16.2. The fraction of sp³-hybridized carbons (Fsp3) is 0.0769. The lowest BCUT2D eigenvalue weighted by atomic mass is 9.99. The number of nitrogens with zero attached hydrogens (tertiary/aromatic N) is 3. The van der Waals surface area contributed by atoms with E-state index in [9.17, 15) is 0 Å². The number of nitrogens with two attached hydrogens (primary N) is 1. The number of hydrogen-bond donors (Lipinski definition) is 2. The zero-order valence-electron chi connectivity index (χ0n) is 17.6. The molecule has 0 saturated heterocycles. The van der Waals surface area contributed by atoms with Gasteiger partial charge in [0.25, 0.3) is 0 Å². The summed E-state index contributed by atoms with van der Waals surface area (Å²) in [6.07, 6.45) is 1.92. The molecule has 0 bridgehead atoms. The van der Waals surface area contributed by atoms with Crippen LogP contribution in [0.15, 0.2) is 85.1 Å². The second-order valence-electron chi connectivity index (χ2n) is 7.96. The van der Waals surface area contributed by atoms with Crippen molar-refractivity contribution in [2.75, 3.05) is 11.1 Å². The Morgan fingerprint density at radius 2 is 1.85 bits per heavy atom. The number of fused-ring (bicyclic) bond motifs is 2. The van der Waals surface area contributed by atoms with Gasteiger partial charge in [-0.25, -0.2) is 9.50 Å². The molecule has 1 atom stereocenters. The number of rotatable bonds is 4. The Balaban J connectivity index is 1.42. The van der Waals surface area contributed by atoms with Gasteiger partial charge in [0.1, 0.15) is 18.1 Å². The lowest BCUT2D eigenvalue weighted by Gasteiger charge is -2.20. The minimum atomic E-state index is -0.117. The molecule has 1 aliphatic rings. The fourth-order valence-electron chi connectivity index (χ4n) is 4.36. The van der Waals surface area contributed by atoms with Crippen LogP contribution in [-0.2, 0) is 6.61 Å². The quantitative estimate of drug-likeness (QED) is 0.363. The van der Waals surface area contributed by atoms with Crippen molar-refractivity contribution in [2.45, 2.75) is 12.6 Å². The maximum atomic E-state index is 6.29. The van der Waals surface area contributed by atoms with E-state index in [2.05, 4.69) is 39.7 Å². The lowest BCUT2D eigenvalue weighted by Crippen LogP contribution is -2.11. The van der Waals surface area contributed by atoms with Crippen LogP contribution in [0.4, 0.5) is 11.6 Å². The van der Waals surface area contributed by atoms with Gasteiger partial charge >= 0.3 is 0 Å². The molecule has 0 amide bonds. The summed E-state index contributed by atoms with van der Waals surface area (Å²) < 4.78 is 7.89. The predicted molar refractivity (Wildman–Crippen MR) is 131 cm³/mol. The average Bonchev–Trinajstić information content (AvgIpc) is 3.19. The average molecular weight is 454 g/mol. The maximum Gasteiger partial charge on any atom is 0.238 e. The molecule has 1 aliphatic heterocycles. The third-order valence-electron chi connectivity index (χ3n) is 5.90.